The molecule has 0 spiro atoms. The van der Waals surface area contributed by atoms with Crippen molar-refractivity contribution in [3.63, 3.8) is 0 Å². The van der Waals surface area contributed by atoms with Crippen molar-refractivity contribution in [3.8, 4) is 0 Å². The molecule has 1 aromatic rings. The van der Waals surface area contributed by atoms with Crippen molar-refractivity contribution < 1.29 is 13.3 Å². The van der Waals surface area contributed by atoms with E-state index in [-0.39, 0.29) is 10.7 Å². The standard InChI is InChI=1S/C11H17N5O4S/c17-16(18)11-2-1-10(9-13-11)21(19,20)14-5-8-15-6-3-12-4-7-15/h1-2,9,12,14H,3-8H2. The number of pyridine rings is 1. The van der Waals surface area contributed by atoms with Gasteiger partial charge in [-0.15, -0.1) is 0 Å². The fourth-order valence-electron chi connectivity index (χ4n) is 2.00. The molecule has 0 unspecified atom stereocenters. The van der Waals surface area contributed by atoms with Gasteiger partial charge in [0.2, 0.25) is 10.0 Å². The van der Waals surface area contributed by atoms with Crippen molar-refractivity contribution in [2.45, 2.75) is 4.90 Å². The van der Waals surface area contributed by atoms with E-state index in [2.05, 4.69) is 19.9 Å². The van der Waals surface area contributed by atoms with Gasteiger partial charge in [-0.05, 0) is 16.0 Å². The van der Waals surface area contributed by atoms with Gasteiger partial charge in [-0.1, -0.05) is 0 Å². The van der Waals surface area contributed by atoms with Crippen LogP contribution in [0.1, 0.15) is 0 Å². The molecule has 21 heavy (non-hydrogen) atoms. The van der Waals surface area contributed by atoms with E-state index in [9.17, 15) is 18.5 Å². The number of hydrogen-bond acceptors (Lipinski definition) is 7. The summed E-state index contributed by atoms with van der Waals surface area (Å²) in [5, 5.41) is 13.7. The van der Waals surface area contributed by atoms with Crippen LogP contribution in [0.4, 0.5) is 5.82 Å². The van der Waals surface area contributed by atoms with E-state index in [0.29, 0.717) is 13.1 Å². The van der Waals surface area contributed by atoms with Gasteiger partial charge in [0.05, 0.1) is 0 Å². The van der Waals surface area contributed by atoms with Gasteiger partial charge >= 0.3 is 5.82 Å². The molecule has 0 bridgehead atoms. The summed E-state index contributed by atoms with van der Waals surface area (Å²) in [6.07, 6.45) is 0.991. The quantitative estimate of drug-likeness (QED) is 0.520. The van der Waals surface area contributed by atoms with Crippen molar-refractivity contribution in [1.82, 2.24) is 19.9 Å². The molecule has 2 heterocycles. The smallest absolute Gasteiger partial charge is 0.358 e. The summed E-state index contributed by atoms with van der Waals surface area (Å²) in [6.45, 7) is 4.50. The number of aromatic nitrogens is 1. The summed E-state index contributed by atoms with van der Waals surface area (Å²) in [5.74, 6) is -0.380. The van der Waals surface area contributed by atoms with Crippen molar-refractivity contribution in [3.05, 3.63) is 28.4 Å². The van der Waals surface area contributed by atoms with Gasteiger partial charge in [0, 0.05) is 45.3 Å². The molecule has 116 valence electrons. The molecular weight excluding hydrogens is 298 g/mol. The van der Waals surface area contributed by atoms with Crippen molar-refractivity contribution in [2.75, 3.05) is 39.3 Å². The van der Waals surface area contributed by atoms with Crippen LogP contribution in [0.2, 0.25) is 0 Å². The maximum Gasteiger partial charge on any atom is 0.363 e. The van der Waals surface area contributed by atoms with E-state index < -0.39 is 14.9 Å². The lowest BCUT2D eigenvalue weighted by Gasteiger charge is -2.26. The Kier molecular flexibility index (Phi) is 5.17. The molecule has 0 aromatic carbocycles. The van der Waals surface area contributed by atoms with E-state index >= 15 is 0 Å². The molecule has 9 nitrogen and oxygen atoms in total. The summed E-state index contributed by atoms with van der Waals surface area (Å²) < 4.78 is 26.5. The zero-order chi connectivity index (χ0) is 15.3. The summed E-state index contributed by atoms with van der Waals surface area (Å²) in [5.41, 5.74) is 0. The lowest BCUT2D eigenvalue weighted by Crippen LogP contribution is -2.46. The van der Waals surface area contributed by atoms with Crippen molar-refractivity contribution in [2.24, 2.45) is 0 Å². The SMILES string of the molecule is O=[N+]([O-])c1ccc(S(=O)(=O)NCCN2CCNCC2)cn1. The van der Waals surface area contributed by atoms with Crippen LogP contribution in [-0.4, -0.2) is 62.5 Å². The van der Waals surface area contributed by atoms with Gasteiger partial charge in [0.25, 0.3) is 0 Å². The molecule has 0 radical (unpaired) electrons. The number of rotatable bonds is 6. The molecule has 1 fully saturated rings. The number of nitrogens with one attached hydrogen (secondary N) is 2. The second kappa shape index (κ2) is 6.89. The van der Waals surface area contributed by atoms with Crippen molar-refractivity contribution in [1.29, 1.82) is 0 Å². The Morgan fingerprint density at radius 1 is 1.38 bits per heavy atom. The second-order valence-electron chi connectivity index (χ2n) is 4.60. The molecule has 1 aliphatic heterocycles. The predicted octanol–water partition coefficient (Wildman–Crippen LogP) is -0.827. The van der Waals surface area contributed by atoms with Crippen LogP contribution in [0.25, 0.3) is 0 Å². The van der Waals surface area contributed by atoms with Gasteiger partial charge < -0.3 is 15.4 Å². The molecule has 10 heteroatoms. The molecule has 2 N–H and O–H groups in total. The molecule has 1 aromatic heterocycles. The highest BCUT2D eigenvalue weighted by Crippen LogP contribution is 2.11. The summed E-state index contributed by atoms with van der Waals surface area (Å²) in [4.78, 5) is 15.4. The van der Waals surface area contributed by atoms with Gasteiger partial charge in [-0.3, -0.25) is 4.90 Å². The first-order chi connectivity index (χ1) is 9.99. The van der Waals surface area contributed by atoms with Crippen LogP contribution in [0.5, 0.6) is 0 Å². The first-order valence-corrected chi connectivity index (χ1v) is 8.00. The fraction of sp³-hybridized carbons (Fsp3) is 0.545. The maximum absolute atomic E-state index is 12.0. The highest BCUT2D eigenvalue weighted by Gasteiger charge is 2.18. The number of piperazine rings is 1. The summed E-state index contributed by atoms with van der Waals surface area (Å²) >= 11 is 0. The minimum absolute atomic E-state index is 0.0755. The molecule has 0 amide bonds. The average Bonchev–Trinajstić information content (AvgIpc) is 2.48. The molecule has 1 saturated heterocycles. The summed E-state index contributed by atoms with van der Waals surface area (Å²) in [7, 11) is -3.68. The Labute approximate surface area is 122 Å². The van der Waals surface area contributed by atoms with Gasteiger partial charge in [-0.2, -0.15) is 0 Å². The van der Waals surface area contributed by atoms with E-state index in [1.807, 2.05) is 0 Å². The van der Waals surface area contributed by atoms with E-state index in [1.165, 1.54) is 6.07 Å². The monoisotopic (exact) mass is 315 g/mol. The van der Waals surface area contributed by atoms with Crippen LogP contribution in [0.3, 0.4) is 0 Å². The van der Waals surface area contributed by atoms with Crippen LogP contribution >= 0.6 is 0 Å². The van der Waals surface area contributed by atoms with Gasteiger partial charge in [0.1, 0.15) is 4.90 Å². The normalized spacial score (nSPS) is 16.8. The topological polar surface area (TPSA) is 117 Å². The van der Waals surface area contributed by atoms with E-state index in [4.69, 9.17) is 0 Å². The maximum atomic E-state index is 12.0. The first-order valence-electron chi connectivity index (χ1n) is 6.52. The minimum atomic E-state index is -3.68. The molecule has 0 atom stereocenters. The molecular formula is C11H17N5O4S. The van der Waals surface area contributed by atoms with Crippen LogP contribution in [0.15, 0.2) is 23.2 Å². The largest absolute Gasteiger partial charge is 0.363 e. The Hall–Kier alpha value is -1.62. The Morgan fingerprint density at radius 2 is 2.10 bits per heavy atom. The highest BCUT2D eigenvalue weighted by molar-refractivity contribution is 7.89. The first kappa shape index (κ1) is 15.8. The third-order valence-electron chi connectivity index (χ3n) is 3.15. The lowest BCUT2D eigenvalue weighted by atomic mass is 10.3. The molecule has 0 aliphatic carbocycles. The minimum Gasteiger partial charge on any atom is -0.358 e. The zero-order valence-corrected chi connectivity index (χ0v) is 12.2. The third-order valence-corrected chi connectivity index (χ3v) is 4.59. The number of hydrogen-bond donors (Lipinski definition) is 2. The lowest BCUT2D eigenvalue weighted by molar-refractivity contribution is -0.389. The van der Waals surface area contributed by atoms with Crippen LogP contribution in [-0.2, 0) is 10.0 Å². The fourth-order valence-corrected chi connectivity index (χ4v) is 2.96. The average molecular weight is 315 g/mol. The van der Waals surface area contributed by atoms with Crippen LogP contribution < -0.4 is 10.0 Å². The molecule has 1 aliphatic rings. The molecule has 0 saturated carbocycles. The summed E-state index contributed by atoms with van der Waals surface area (Å²) in [6, 6.07) is 2.25. The Balaban J connectivity index is 1.90. The number of nitrogens with zero attached hydrogens (tertiary/aromatic N) is 3. The zero-order valence-electron chi connectivity index (χ0n) is 11.4. The molecule has 2 rings (SSSR count). The van der Waals surface area contributed by atoms with Gasteiger partial charge in [-0.25, -0.2) is 13.1 Å². The third kappa shape index (κ3) is 4.43. The second-order valence-corrected chi connectivity index (χ2v) is 6.37. The van der Waals surface area contributed by atoms with E-state index in [0.717, 1.165) is 38.4 Å². The highest BCUT2D eigenvalue weighted by atomic mass is 32.2. The Bertz CT molecular complexity index is 583. The van der Waals surface area contributed by atoms with Crippen molar-refractivity contribution >= 4 is 15.8 Å². The van der Waals surface area contributed by atoms with Crippen LogP contribution in [0, 0.1) is 10.1 Å². The predicted molar refractivity (Wildman–Crippen MR) is 75.4 cm³/mol. The Morgan fingerprint density at radius 3 is 2.67 bits per heavy atom. The number of sulfonamides is 1. The van der Waals surface area contributed by atoms with Gasteiger partial charge in [0.15, 0.2) is 6.20 Å². The number of nitro groups is 1. The van der Waals surface area contributed by atoms with E-state index in [1.54, 1.807) is 0 Å².